The molecule has 0 atom stereocenters. The molecule has 0 bridgehead atoms. The van der Waals surface area contributed by atoms with Crippen LogP contribution in [0.4, 0.5) is 0 Å². The van der Waals surface area contributed by atoms with Gasteiger partial charge in [0.1, 0.15) is 5.60 Å². The molecule has 3 rings (SSSR count). The molecule has 0 radical (unpaired) electrons. The van der Waals surface area contributed by atoms with Crippen molar-refractivity contribution < 1.29 is 9.53 Å². The monoisotopic (exact) mass is 338 g/mol. The molecule has 1 aliphatic heterocycles. The van der Waals surface area contributed by atoms with Crippen LogP contribution in [0.25, 0.3) is 11.1 Å². The smallest absolute Gasteiger partial charge is 0.254 e. The molecule has 0 aliphatic carbocycles. The van der Waals surface area contributed by atoms with E-state index < -0.39 is 5.60 Å². The fourth-order valence-corrected chi connectivity index (χ4v) is 3.57. The second-order valence-corrected chi connectivity index (χ2v) is 6.63. The number of hydrogen-bond donors (Lipinski definition) is 1. The number of amides is 1. The fraction of sp³-hybridized carbons (Fsp3) is 0.381. The molecule has 4 heteroatoms. The molecule has 2 aromatic rings. The number of carbonyl (C=O) groups excluding carboxylic acids is 1. The van der Waals surface area contributed by atoms with Crippen LogP contribution in [0.2, 0.25) is 0 Å². The summed E-state index contributed by atoms with van der Waals surface area (Å²) in [6.45, 7) is 2.20. The second-order valence-electron chi connectivity index (χ2n) is 6.63. The molecule has 1 amide bonds. The molecule has 0 aromatic heterocycles. The summed E-state index contributed by atoms with van der Waals surface area (Å²) in [5.74, 6) is 0.0689. The number of nitrogens with one attached hydrogen (secondary N) is 1. The summed E-state index contributed by atoms with van der Waals surface area (Å²) >= 11 is 0. The molecule has 4 nitrogen and oxygen atoms in total. The first-order chi connectivity index (χ1) is 12.2. The average molecular weight is 338 g/mol. The predicted octanol–water partition coefficient (Wildman–Crippen LogP) is 3.08. The molecule has 1 saturated heterocycles. The SMILES string of the molecule is COC1(C(=O)N(C)Cc2ccccc2-c2ccccc2)CCNCC1. The van der Waals surface area contributed by atoms with E-state index in [0.29, 0.717) is 19.4 Å². The molecular formula is C21H26N2O2. The first-order valence-electron chi connectivity index (χ1n) is 8.81. The number of benzene rings is 2. The number of hydrogen-bond acceptors (Lipinski definition) is 3. The molecule has 132 valence electrons. The third-order valence-corrected chi connectivity index (χ3v) is 5.05. The summed E-state index contributed by atoms with van der Waals surface area (Å²) in [6.07, 6.45) is 1.43. The summed E-state index contributed by atoms with van der Waals surface area (Å²) < 4.78 is 5.68. The van der Waals surface area contributed by atoms with Crippen LogP contribution in [-0.4, -0.2) is 43.7 Å². The largest absolute Gasteiger partial charge is 0.368 e. The Morgan fingerprint density at radius 3 is 2.40 bits per heavy atom. The highest BCUT2D eigenvalue weighted by molar-refractivity contribution is 5.85. The maximum atomic E-state index is 13.1. The molecule has 1 N–H and O–H groups in total. The van der Waals surface area contributed by atoms with Gasteiger partial charge in [0.25, 0.3) is 5.91 Å². The number of methoxy groups -OCH3 is 1. The highest BCUT2D eigenvalue weighted by atomic mass is 16.5. The van der Waals surface area contributed by atoms with Gasteiger partial charge in [0.15, 0.2) is 0 Å². The van der Waals surface area contributed by atoms with Crippen LogP contribution in [0.15, 0.2) is 54.6 Å². The highest BCUT2D eigenvalue weighted by Crippen LogP contribution is 2.28. The Morgan fingerprint density at radius 1 is 1.08 bits per heavy atom. The summed E-state index contributed by atoms with van der Waals surface area (Å²) in [4.78, 5) is 14.9. The van der Waals surface area contributed by atoms with Crippen molar-refractivity contribution in [1.29, 1.82) is 0 Å². The normalized spacial score (nSPS) is 16.4. The maximum Gasteiger partial charge on any atom is 0.254 e. The zero-order valence-electron chi connectivity index (χ0n) is 15.0. The number of carbonyl (C=O) groups is 1. The van der Waals surface area contributed by atoms with E-state index in [1.54, 1.807) is 12.0 Å². The molecule has 0 saturated carbocycles. The van der Waals surface area contributed by atoms with Gasteiger partial charge in [-0.3, -0.25) is 4.79 Å². The lowest BCUT2D eigenvalue weighted by Crippen LogP contribution is -2.54. The third-order valence-electron chi connectivity index (χ3n) is 5.05. The molecule has 0 unspecified atom stereocenters. The zero-order chi connectivity index (χ0) is 17.7. The van der Waals surface area contributed by atoms with E-state index in [4.69, 9.17) is 4.74 Å². The summed E-state index contributed by atoms with van der Waals surface area (Å²) in [6, 6.07) is 18.6. The van der Waals surface area contributed by atoms with Crippen LogP contribution < -0.4 is 5.32 Å². The van der Waals surface area contributed by atoms with Crippen LogP contribution in [0.3, 0.4) is 0 Å². The van der Waals surface area contributed by atoms with Crippen molar-refractivity contribution in [3.05, 3.63) is 60.2 Å². The van der Waals surface area contributed by atoms with Gasteiger partial charge in [0.2, 0.25) is 0 Å². The van der Waals surface area contributed by atoms with E-state index >= 15 is 0 Å². The Morgan fingerprint density at radius 2 is 1.72 bits per heavy atom. The van der Waals surface area contributed by atoms with Crippen molar-refractivity contribution in [2.75, 3.05) is 27.2 Å². The van der Waals surface area contributed by atoms with E-state index in [0.717, 1.165) is 18.7 Å². The van der Waals surface area contributed by atoms with Crippen molar-refractivity contribution >= 4 is 5.91 Å². The minimum atomic E-state index is -0.693. The van der Waals surface area contributed by atoms with Gasteiger partial charge >= 0.3 is 0 Å². The number of likely N-dealkylation sites (N-methyl/N-ethyl adjacent to an activating group) is 1. The van der Waals surface area contributed by atoms with Gasteiger partial charge in [-0.15, -0.1) is 0 Å². The Balaban J connectivity index is 1.81. The van der Waals surface area contributed by atoms with Gasteiger partial charge in [-0.2, -0.15) is 0 Å². The lowest BCUT2D eigenvalue weighted by atomic mass is 9.90. The molecule has 1 aliphatic rings. The van der Waals surface area contributed by atoms with Crippen LogP contribution in [0, 0.1) is 0 Å². The average Bonchev–Trinajstić information content (AvgIpc) is 2.69. The van der Waals surface area contributed by atoms with Crippen LogP contribution >= 0.6 is 0 Å². The van der Waals surface area contributed by atoms with Gasteiger partial charge in [-0.05, 0) is 42.6 Å². The van der Waals surface area contributed by atoms with Crippen molar-refractivity contribution in [3.8, 4) is 11.1 Å². The summed E-state index contributed by atoms with van der Waals surface area (Å²) in [5, 5.41) is 3.30. The molecule has 2 aromatic carbocycles. The predicted molar refractivity (Wildman–Crippen MR) is 100 cm³/mol. The number of piperidine rings is 1. The fourth-order valence-electron chi connectivity index (χ4n) is 3.57. The molecule has 1 fully saturated rings. The first kappa shape index (κ1) is 17.6. The molecular weight excluding hydrogens is 312 g/mol. The lowest BCUT2D eigenvalue weighted by Gasteiger charge is -2.37. The van der Waals surface area contributed by atoms with Gasteiger partial charge in [0.05, 0.1) is 0 Å². The van der Waals surface area contributed by atoms with Crippen molar-refractivity contribution in [2.24, 2.45) is 0 Å². The van der Waals surface area contributed by atoms with Crippen molar-refractivity contribution in [1.82, 2.24) is 10.2 Å². The minimum absolute atomic E-state index is 0.0689. The van der Waals surface area contributed by atoms with Gasteiger partial charge in [-0.25, -0.2) is 0 Å². The minimum Gasteiger partial charge on any atom is -0.368 e. The van der Waals surface area contributed by atoms with E-state index in [-0.39, 0.29) is 5.91 Å². The number of rotatable bonds is 5. The quantitative estimate of drug-likeness (QED) is 0.911. The van der Waals surface area contributed by atoms with Crippen LogP contribution in [-0.2, 0) is 16.1 Å². The zero-order valence-corrected chi connectivity index (χ0v) is 15.0. The van der Waals surface area contributed by atoms with Crippen molar-refractivity contribution in [3.63, 3.8) is 0 Å². The van der Waals surface area contributed by atoms with E-state index in [1.165, 1.54) is 11.1 Å². The third kappa shape index (κ3) is 3.75. The van der Waals surface area contributed by atoms with Crippen LogP contribution in [0.1, 0.15) is 18.4 Å². The number of ether oxygens (including phenoxy) is 1. The van der Waals surface area contributed by atoms with E-state index in [1.807, 2.05) is 37.4 Å². The standard InChI is InChI=1S/C21H26N2O2/c1-23(20(24)21(25-2)12-14-22-15-13-21)16-18-10-6-7-11-19(18)17-8-4-3-5-9-17/h3-11,22H,12-16H2,1-2H3. The van der Waals surface area contributed by atoms with Crippen molar-refractivity contribution in [2.45, 2.75) is 25.0 Å². The second kappa shape index (κ2) is 7.81. The summed E-state index contributed by atoms with van der Waals surface area (Å²) in [7, 11) is 3.52. The molecule has 0 spiro atoms. The van der Waals surface area contributed by atoms with Gasteiger partial charge < -0.3 is 15.0 Å². The lowest BCUT2D eigenvalue weighted by molar-refractivity contribution is -0.157. The molecule has 25 heavy (non-hydrogen) atoms. The first-order valence-corrected chi connectivity index (χ1v) is 8.81. The molecule has 1 heterocycles. The van der Waals surface area contributed by atoms with Gasteiger partial charge in [0, 0.05) is 20.7 Å². The maximum absolute atomic E-state index is 13.1. The Hall–Kier alpha value is -2.17. The van der Waals surface area contributed by atoms with E-state index in [9.17, 15) is 4.79 Å². The van der Waals surface area contributed by atoms with E-state index in [2.05, 4.69) is 29.6 Å². The number of nitrogens with zero attached hydrogens (tertiary/aromatic N) is 1. The topological polar surface area (TPSA) is 41.6 Å². The Kier molecular flexibility index (Phi) is 5.51. The van der Waals surface area contributed by atoms with Gasteiger partial charge in [-0.1, -0.05) is 54.6 Å². The highest BCUT2D eigenvalue weighted by Gasteiger charge is 2.41. The Bertz CT molecular complexity index is 709. The van der Waals surface area contributed by atoms with Crippen LogP contribution in [0.5, 0.6) is 0 Å². The summed E-state index contributed by atoms with van der Waals surface area (Å²) in [5.41, 5.74) is 2.79. The Labute approximate surface area is 149 Å².